The molecule has 3 heterocycles. The summed E-state index contributed by atoms with van der Waals surface area (Å²) in [5, 5.41) is 6.85. The number of thiophene rings is 1. The Balaban J connectivity index is 1.42. The first-order valence-electron chi connectivity index (χ1n) is 11.0. The van der Waals surface area contributed by atoms with E-state index in [9.17, 15) is 9.59 Å². The lowest BCUT2D eigenvalue weighted by Crippen LogP contribution is -2.56. The van der Waals surface area contributed by atoms with Crippen molar-refractivity contribution in [1.29, 1.82) is 0 Å². The number of anilines is 2. The van der Waals surface area contributed by atoms with Crippen LogP contribution in [0.5, 0.6) is 0 Å². The van der Waals surface area contributed by atoms with Gasteiger partial charge in [0.05, 0.1) is 25.2 Å². The molecule has 1 aromatic carbocycles. The minimum absolute atomic E-state index is 0.294. The summed E-state index contributed by atoms with van der Waals surface area (Å²) in [7, 11) is 2.37. The highest BCUT2D eigenvalue weighted by atomic mass is 35.5. The number of halogens is 1. The van der Waals surface area contributed by atoms with Crippen LogP contribution < -0.4 is 16.4 Å². The fraction of sp³-hybridized carbons (Fsp3) is 0.478. The molecule has 6 nitrogen and oxygen atoms in total. The van der Waals surface area contributed by atoms with Gasteiger partial charge in [-0.15, -0.1) is 11.3 Å². The lowest BCUT2D eigenvalue weighted by atomic mass is 9.82. The molecule has 2 fully saturated rings. The number of rotatable bonds is 5. The van der Waals surface area contributed by atoms with E-state index in [0.29, 0.717) is 33.4 Å². The number of benzene rings is 1. The third-order valence-corrected chi connectivity index (χ3v) is 8.94. The number of carbonyl (C=O) groups excluding carboxylic acids is 2. The molecule has 2 unspecified atom stereocenters. The predicted octanol–water partition coefficient (Wildman–Crippen LogP) is 5.15. The van der Waals surface area contributed by atoms with Gasteiger partial charge in [0.15, 0.2) is 0 Å². The first kappa shape index (κ1) is 20.8. The second-order valence-electron chi connectivity index (χ2n) is 9.37. The number of primary amides is 1. The first-order chi connectivity index (χ1) is 14.8. The number of hydrogen-bond donors (Lipinski definition) is 3. The number of nitrogens with one attached hydrogen (secondary N) is 2. The van der Waals surface area contributed by atoms with Crippen molar-refractivity contribution in [2.45, 2.75) is 50.6 Å². The van der Waals surface area contributed by atoms with E-state index in [0.717, 1.165) is 28.8 Å². The van der Waals surface area contributed by atoms with E-state index in [4.69, 9.17) is 17.3 Å². The maximum absolute atomic E-state index is 12.6. The Morgan fingerprint density at radius 1 is 1.16 bits per heavy atom. The molecule has 5 rings (SSSR count). The maximum Gasteiger partial charge on any atom is 0.324 e. The van der Waals surface area contributed by atoms with Crippen LogP contribution in [0.15, 0.2) is 24.3 Å². The Morgan fingerprint density at radius 2 is 1.90 bits per heavy atom. The van der Waals surface area contributed by atoms with Gasteiger partial charge in [-0.2, -0.15) is 0 Å². The summed E-state index contributed by atoms with van der Waals surface area (Å²) in [5.74, 6) is 0.341. The SMILES string of the molecule is C[N@+]1(CC2CCC2)C2CCC1c1c(sc(NC(=O)Nc3ccc(Cl)cc3)c1C(N)=O)C2. The molecule has 8 heteroatoms. The second kappa shape index (κ2) is 7.80. The molecule has 1 aliphatic carbocycles. The molecule has 31 heavy (non-hydrogen) atoms. The molecule has 2 aliphatic heterocycles. The molecule has 0 spiro atoms. The van der Waals surface area contributed by atoms with E-state index in [1.54, 1.807) is 24.3 Å². The minimum atomic E-state index is -0.458. The van der Waals surface area contributed by atoms with Crippen LogP contribution >= 0.6 is 22.9 Å². The number of amides is 3. The van der Waals surface area contributed by atoms with Crippen LogP contribution in [0.25, 0.3) is 0 Å². The lowest BCUT2D eigenvalue weighted by Gasteiger charge is -2.48. The third-order valence-electron chi connectivity index (χ3n) is 7.55. The molecule has 3 atom stereocenters. The topological polar surface area (TPSA) is 84.2 Å². The van der Waals surface area contributed by atoms with Gasteiger partial charge in [0, 0.05) is 46.3 Å². The summed E-state index contributed by atoms with van der Waals surface area (Å²) in [5.41, 5.74) is 8.09. The smallest absolute Gasteiger partial charge is 0.324 e. The lowest BCUT2D eigenvalue weighted by molar-refractivity contribution is -0.954. The molecule has 2 bridgehead atoms. The van der Waals surface area contributed by atoms with Crippen LogP contribution in [0.2, 0.25) is 5.02 Å². The zero-order chi connectivity index (χ0) is 21.8. The summed E-state index contributed by atoms with van der Waals surface area (Å²) in [6, 6.07) is 7.40. The Bertz CT molecular complexity index is 1030. The summed E-state index contributed by atoms with van der Waals surface area (Å²) in [6.07, 6.45) is 7.21. The number of quaternary nitrogens is 1. The van der Waals surface area contributed by atoms with Gasteiger partial charge in [-0.05, 0) is 37.1 Å². The average molecular weight is 460 g/mol. The number of nitrogens with two attached hydrogens (primary N) is 1. The molecule has 1 saturated heterocycles. The van der Waals surface area contributed by atoms with Crippen molar-refractivity contribution in [2.75, 3.05) is 24.2 Å². The fourth-order valence-electron chi connectivity index (χ4n) is 5.79. The molecule has 1 saturated carbocycles. The predicted molar refractivity (Wildman–Crippen MR) is 125 cm³/mol. The van der Waals surface area contributed by atoms with E-state index in [-0.39, 0.29) is 6.03 Å². The monoisotopic (exact) mass is 459 g/mol. The van der Waals surface area contributed by atoms with Crippen molar-refractivity contribution >= 4 is 45.6 Å². The van der Waals surface area contributed by atoms with Crippen molar-refractivity contribution < 1.29 is 14.1 Å². The van der Waals surface area contributed by atoms with Crippen molar-refractivity contribution in [3.8, 4) is 0 Å². The number of urea groups is 1. The van der Waals surface area contributed by atoms with Crippen molar-refractivity contribution in [1.82, 2.24) is 0 Å². The first-order valence-corrected chi connectivity index (χ1v) is 12.2. The normalized spacial score (nSPS) is 26.8. The summed E-state index contributed by atoms with van der Waals surface area (Å²) < 4.78 is 1.02. The van der Waals surface area contributed by atoms with E-state index in [1.165, 1.54) is 48.4 Å². The van der Waals surface area contributed by atoms with Gasteiger partial charge in [0.1, 0.15) is 11.0 Å². The van der Waals surface area contributed by atoms with Crippen LogP contribution in [-0.2, 0) is 6.42 Å². The van der Waals surface area contributed by atoms with Crippen LogP contribution in [0.1, 0.15) is 58.9 Å². The van der Waals surface area contributed by atoms with Gasteiger partial charge < -0.3 is 15.5 Å². The largest absolute Gasteiger partial charge is 0.365 e. The van der Waals surface area contributed by atoms with Crippen LogP contribution in [0.4, 0.5) is 15.5 Å². The molecular weight excluding hydrogens is 432 g/mol. The Morgan fingerprint density at radius 3 is 2.55 bits per heavy atom. The Kier molecular flexibility index (Phi) is 5.23. The zero-order valence-electron chi connectivity index (χ0n) is 17.6. The van der Waals surface area contributed by atoms with Crippen molar-refractivity contribution in [3.63, 3.8) is 0 Å². The quantitative estimate of drug-likeness (QED) is 0.540. The molecule has 164 valence electrons. The van der Waals surface area contributed by atoms with Crippen LogP contribution in [0, 0.1) is 5.92 Å². The highest BCUT2D eigenvalue weighted by Crippen LogP contribution is 2.54. The van der Waals surface area contributed by atoms with E-state index in [1.807, 2.05) is 0 Å². The number of fused-ring (bicyclic) bond motifs is 4. The number of nitrogens with zero attached hydrogens (tertiary/aromatic N) is 1. The van der Waals surface area contributed by atoms with Gasteiger partial charge in [0.25, 0.3) is 5.91 Å². The number of hydrogen-bond acceptors (Lipinski definition) is 3. The summed E-state index contributed by atoms with van der Waals surface area (Å²) >= 11 is 7.42. The second-order valence-corrected chi connectivity index (χ2v) is 10.9. The summed E-state index contributed by atoms with van der Waals surface area (Å²) in [4.78, 5) is 26.4. The maximum atomic E-state index is 12.6. The average Bonchev–Trinajstić information content (AvgIpc) is 3.11. The van der Waals surface area contributed by atoms with E-state index < -0.39 is 5.91 Å². The molecule has 3 aliphatic rings. The molecule has 0 radical (unpaired) electrons. The minimum Gasteiger partial charge on any atom is -0.365 e. The Labute approximate surface area is 191 Å². The van der Waals surface area contributed by atoms with Crippen LogP contribution in [0.3, 0.4) is 0 Å². The van der Waals surface area contributed by atoms with Gasteiger partial charge in [0.2, 0.25) is 0 Å². The molecule has 1 aromatic heterocycles. The molecule has 3 amide bonds. The fourth-order valence-corrected chi connectivity index (χ4v) is 7.25. The van der Waals surface area contributed by atoms with Gasteiger partial charge in [-0.1, -0.05) is 18.0 Å². The Hall–Kier alpha value is -2.09. The standard InChI is InChI=1S/C23H27ClN4O2S/c1-28(12-13-3-2-4-13)16-9-10-17(28)19-18(11-16)31-22(20(19)21(25)29)27-23(30)26-15-7-5-14(24)6-8-15/h5-8,13,16-17H,2-4,9-12H2,1H3,(H3-,25,26,27,29,30)/p+1/t16?,17?,28-/m0/s1. The zero-order valence-corrected chi connectivity index (χ0v) is 19.2. The molecular formula is C23H28ClN4O2S+. The highest BCUT2D eigenvalue weighted by Gasteiger charge is 2.54. The third kappa shape index (κ3) is 3.62. The van der Waals surface area contributed by atoms with Crippen molar-refractivity contribution in [3.05, 3.63) is 45.3 Å². The van der Waals surface area contributed by atoms with Crippen LogP contribution in [-0.4, -0.2) is 36.1 Å². The van der Waals surface area contributed by atoms with Gasteiger partial charge in [-0.3, -0.25) is 10.1 Å². The summed E-state index contributed by atoms with van der Waals surface area (Å²) in [6.45, 7) is 1.18. The number of carbonyl (C=O) groups is 2. The van der Waals surface area contributed by atoms with E-state index in [2.05, 4.69) is 17.7 Å². The van der Waals surface area contributed by atoms with Gasteiger partial charge in [-0.25, -0.2) is 4.79 Å². The van der Waals surface area contributed by atoms with Gasteiger partial charge >= 0.3 is 6.03 Å². The van der Waals surface area contributed by atoms with Crippen molar-refractivity contribution in [2.24, 2.45) is 11.7 Å². The highest BCUT2D eigenvalue weighted by molar-refractivity contribution is 7.17. The molecule has 2 aromatic rings. The van der Waals surface area contributed by atoms with E-state index >= 15 is 0 Å². The number of likely N-dealkylation sites (N-methyl/N-ethyl adjacent to an activating group) is 1. The molecule has 4 N–H and O–H groups in total.